The summed E-state index contributed by atoms with van der Waals surface area (Å²) in [5.41, 5.74) is 0.609. The maximum atomic E-state index is 13.6. The molecule has 150 valence electrons. The molecule has 0 radical (unpaired) electrons. The number of amides is 2. The summed E-state index contributed by atoms with van der Waals surface area (Å²) >= 11 is 6.98. The Hall–Kier alpha value is -2.91. The van der Waals surface area contributed by atoms with E-state index in [-0.39, 0.29) is 29.8 Å². The van der Waals surface area contributed by atoms with Crippen LogP contribution in [0.3, 0.4) is 0 Å². The highest BCUT2D eigenvalue weighted by molar-refractivity contribution is 7.99. The van der Waals surface area contributed by atoms with E-state index in [1.54, 1.807) is 48.0 Å². The first-order valence-electron chi connectivity index (χ1n) is 8.53. The zero-order valence-corrected chi connectivity index (χ0v) is 16.9. The second-order valence-corrected chi connectivity index (χ2v) is 7.34. The summed E-state index contributed by atoms with van der Waals surface area (Å²) in [4.78, 5) is 24.2. The molecule has 0 aliphatic rings. The van der Waals surface area contributed by atoms with Gasteiger partial charge in [0.15, 0.2) is 11.0 Å². The van der Waals surface area contributed by atoms with Gasteiger partial charge in [-0.15, -0.1) is 10.2 Å². The van der Waals surface area contributed by atoms with Crippen LogP contribution in [0.2, 0.25) is 5.02 Å². The van der Waals surface area contributed by atoms with Gasteiger partial charge in [0.2, 0.25) is 5.91 Å². The number of para-hydroxylation sites is 1. The lowest BCUT2D eigenvalue weighted by molar-refractivity contribution is -0.113. The van der Waals surface area contributed by atoms with Gasteiger partial charge in [-0.2, -0.15) is 0 Å². The van der Waals surface area contributed by atoms with Crippen molar-refractivity contribution >= 4 is 40.9 Å². The first-order valence-corrected chi connectivity index (χ1v) is 9.89. The molecule has 3 aromatic rings. The molecular weight excluding hydrogens is 417 g/mol. The van der Waals surface area contributed by atoms with Crippen LogP contribution < -0.4 is 10.6 Å². The Bertz CT molecular complexity index is 1030. The Morgan fingerprint density at radius 1 is 1.14 bits per heavy atom. The van der Waals surface area contributed by atoms with Crippen molar-refractivity contribution in [3.63, 3.8) is 0 Å². The monoisotopic (exact) mass is 433 g/mol. The largest absolute Gasteiger partial charge is 0.345 e. The van der Waals surface area contributed by atoms with Crippen molar-refractivity contribution in [3.8, 4) is 0 Å². The molecule has 0 spiro atoms. The van der Waals surface area contributed by atoms with Gasteiger partial charge in [0, 0.05) is 17.6 Å². The Labute approximate surface area is 175 Å². The van der Waals surface area contributed by atoms with Crippen LogP contribution in [0.25, 0.3) is 0 Å². The van der Waals surface area contributed by atoms with Crippen LogP contribution in [0.4, 0.5) is 10.1 Å². The fourth-order valence-electron chi connectivity index (χ4n) is 2.37. The molecule has 2 aromatic carbocycles. The van der Waals surface area contributed by atoms with E-state index in [2.05, 4.69) is 20.8 Å². The van der Waals surface area contributed by atoms with E-state index in [1.165, 1.54) is 12.1 Å². The Morgan fingerprint density at radius 2 is 1.86 bits per heavy atom. The number of hydrogen-bond donors (Lipinski definition) is 2. The van der Waals surface area contributed by atoms with E-state index in [0.717, 1.165) is 11.8 Å². The highest BCUT2D eigenvalue weighted by Gasteiger charge is 2.14. The summed E-state index contributed by atoms with van der Waals surface area (Å²) in [6.07, 6.45) is 0. The number of carbonyl (C=O) groups is 2. The fourth-order valence-corrected chi connectivity index (χ4v) is 3.22. The second-order valence-electron chi connectivity index (χ2n) is 5.96. The summed E-state index contributed by atoms with van der Waals surface area (Å²) in [6, 6.07) is 12.5. The lowest BCUT2D eigenvalue weighted by atomic mass is 10.2. The third-order valence-electron chi connectivity index (χ3n) is 3.92. The molecule has 0 bridgehead atoms. The minimum absolute atomic E-state index is 0.0391. The zero-order chi connectivity index (χ0) is 20.8. The van der Waals surface area contributed by atoms with Crippen molar-refractivity contribution in [2.75, 3.05) is 11.1 Å². The van der Waals surface area contributed by atoms with Gasteiger partial charge in [-0.25, -0.2) is 4.39 Å². The Kier molecular flexibility index (Phi) is 6.84. The summed E-state index contributed by atoms with van der Waals surface area (Å²) in [7, 11) is 1.74. The third-order valence-corrected chi connectivity index (χ3v) is 5.19. The minimum Gasteiger partial charge on any atom is -0.345 e. The molecule has 7 nitrogen and oxygen atoms in total. The number of benzene rings is 2. The van der Waals surface area contributed by atoms with Crippen molar-refractivity contribution in [2.24, 2.45) is 7.05 Å². The standard InChI is InChI=1S/C19H17ClFN5O2S/c1-26-16(10-22-18(28)12-6-8-13(20)9-7-12)24-25-19(26)29-11-17(27)23-15-5-3-2-4-14(15)21/h2-9H,10-11H2,1H3,(H,22,28)(H,23,27). The van der Waals surface area contributed by atoms with E-state index < -0.39 is 5.82 Å². The summed E-state index contributed by atoms with van der Waals surface area (Å²) in [5.74, 6) is -0.548. The topological polar surface area (TPSA) is 88.9 Å². The Balaban J connectivity index is 1.52. The molecule has 0 aliphatic carbocycles. The number of aromatic nitrogens is 3. The number of thioether (sulfide) groups is 1. The molecule has 0 fully saturated rings. The molecule has 0 saturated carbocycles. The number of anilines is 1. The summed E-state index contributed by atoms with van der Waals surface area (Å²) < 4.78 is 15.3. The first-order chi connectivity index (χ1) is 13.9. The van der Waals surface area contributed by atoms with Crippen LogP contribution >= 0.6 is 23.4 Å². The van der Waals surface area contributed by atoms with Crippen molar-refractivity contribution in [1.29, 1.82) is 0 Å². The fraction of sp³-hybridized carbons (Fsp3) is 0.158. The van der Waals surface area contributed by atoms with Crippen molar-refractivity contribution in [2.45, 2.75) is 11.7 Å². The third kappa shape index (κ3) is 5.55. The molecule has 0 unspecified atom stereocenters. The van der Waals surface area contributed by atoms with E-state index in [1.807, 2.05) is 0 Å². The van der Waals surface area contributed by atoms with Crippen LogP contribution in [0.5, 0.6) is 0 Å². The maximum Gasteiger partial charge on any atom is 0.251 e. The number of nitrogens with one attached hydrogen (secondary N) is 2. The van der Waals surface area contributed by atoms with Gasteiger partial charge in [-0.3, -0.25) is 9.59 Å². The van der Waals surface area contributed by atoms with E-state index in [9.17, 15) is 14.0 Å². The predicted molar refractivity (Wildman–Crippen MR) is 109 cm³/mol. The number of rotatable bonds is 7. The highest BCUT2D eigenvalue weighted by atomic mass is 35.5. The molecule has 1 heterocycles. The average molecular weight is 434 g/mol. The van der Waals surface area contributed by atoms with Gasteiger partial charge in [0.1, 0.15) is 5.82 Å². The summed E-state index contributed by atoms with van der Waals surface area (Å²) in [5, 5.41) is 14.4. The number of halogens is 2. The highest BCUT2D eigenvalue weighted by Crippen LogP contribution is 2.18. The van der Waals surface area contributed by atoms with Crippen molar-refractivity contribution in [3.05, 3.63) is 70.8 Å². The first kappa shape index (κ1) is 20.8. The van der Waals surface area contributed by atoms with Crippen LogP contribution in [0.15, 0.2) is 53.7 Å². The van der Waals surface area contributed by atoms with Gasteiger partial charge >= 0.3 is 0 Å². The number of nitrogens with zero attached hydrogens (tertiary/aromatic N) is 3. The van der Waals surface area contributed by atoms with Crippen LogP contribution in [0, 0.1) is 5.82 Å². The maximum absolute atomic E-state index is 13.6. The van der Waals surface area contributed by atoms with Crippen LogP contribution in [0.1, 0.15) is 16.2 Å². The zero-order valence-electron chi connectivity index (χ0n) is 15.4. The van der Waals surface area contributed by atoms with Crippen LogP contribution in [-0.4, -0.2) is 32.3 Å². The number of carbonyl (C=O) groups excluding carboxylic acids is 2. The van der Waals surface area contributed by atoms with Gasteiger partial charge in [0.25, 0.3) is 5.91 Å². The predicted octanol–water partition coefficient (Wildman–Crippen LogP) is 3.27. The molecule has 0 aliphatic heterocycles. The summed E-state index contributed by atoms with van der Waals surface area (Å²) in [6.45, 7) is 0.174. The smallest absolute Gasteiger partial charge is 0.251 e. The molecule has 1 aromatic heterocycles. The molecule has 0 saturated heterocycles. The minimum atomic E-state index is -0.497. The Morgan fingerprint density at radius 3 is 2.59 bits per heavy atom. The molecule has 0 atom stereocenters. The quantitative estimate of drug-likeness (QED) is 0.558. The van der Waals surface area contributed by atoms with Crippen LogP contribution in [-0.2, 0) is 18.4 Å². The lowest BCUT2D eigenvalue weighted by Crippen LogP contribution is -2.24. The molecule has 10 heteroatoms. The van der Waals surface area contributed by atoms with Crippen molar-refractivity contribution < 1.29 is 14.0 Å². The van der Waals surface area contributed by atoms with Gasteiger partial charge in [-0.1, -0.05) is 35.5 Å². The van der Waals surface area contributed by atoms with E-state index >= 15 is 0 Å². The van der Waals surface area contributed by atoms with E-state index in [0.29, 0.717) is 21.6 Å². The molecule has 3 rings (SSSR count). The van der Waals surface area contributed by atoms with E-state index in [4.69, 9.17) is 11.6 Å². The molecule has 2 N–H and O–H groups in total. The normalized spacial score (nSPS) is 10.6. The van der Waals surface area contributed by atoms with Gasteiger partial charge in [0.05, 0.1) is 18.0 Å². The second kappa shape index (κ2) is 9.53. The SMILES string of the molecule is Cn1c(CNC(=O)c2ccc(Cl)cc2)nnc1SCC(=O)Nc1ccccc1F. The molecule has 29 heavy (non-hydrogen) atoms. The number of hydrogen-bond acceptors (Lipinski definition) is 5. The molecular formula is C19H17ClFN5O2S. The lowest BCUT2D eigenvalue weighted by Gasteiger charge is -2.07. The van der Waals surface area contributed by atoms with Gasteiger partial charge in [-0.05, 0) is 36.4 Å². The van der Waals surface area contributed by atoms with Gasteiger partial charge < -0.3 is 15.2 Å². The van der Waals surface area contributed by atoms with Crippen molar-refractivity contribution in [1.82, 2.24) is 20.1 Å². The molecule has 2 amide bonds. The average Bonchev–Trinajstić information content (AvgIpc) is 3.06.